The van der Waals surface area contributed by atoms with Gasteiger partial charge in [-0.3, -0.25) is 4.79 Å². The Bertz CT molecular complexity index is 1330. The predicted molar refractivity (Wildman–Crippen MR) is 130 cm³/mol. The van der Waals surface area contributed by atoms with Crippen LogP contribution < -0.4 is 10.0 Å². The molecule has 4 aromatic rings. The topological polar surface area (TPSA) is 101 Å². The van der Waals surface area contributed by atoms with E-state index in [1.165, 1.54) is 18.4 Å². The highest BCUT2D eigenvalue weighted by molar-refractivity contribution is 8.00. The fourth-order valence-electron chi connectivity index (χ4n) is 2.90. The average molecular weight is 500 g/mol. The monoisotopic (exact) mass is 499 g/mol. The van der Waals surface area contributed by atoms with E-state index in [0.717, 1.165) is 21.3 Å². The van der Waals surface area contributed by atoms with Crippen LogP contribution >= 0.6 is 23.1 Å². The van der Waals surface area contributed by atoms with Gasteiger partial charge in [0, 0.05) is 28.1 Å². The molecule has 4 rings (SSSR count). The molecule has 2 aromatic heterocycles. The van der Waals surface area contributed by atoms with Crippen molar-refractivity contribution in [2.75, 3.05) is 5.32 Å². The van der Waals surface area contributed by atoms with Gasteiger partial charge >= 0.3 is 0 Å². The molecule has 2 heterocycles. The second-order valence-electron chi connectivity index (χ2n) is 7.13. The van der Waals surface area contributed by atoms with Gasteiger partial charge in [-0.1, -0.05) is 30.0 Å². The minimum Gasteiger partial charge on any atom is -0.468 e. The Morgan fingerprint density at radius 3 is 2.64 bits per heavy atom. The lowest BCUT2D eigenvalue weighted by Gasteiger charge is -2.09. The molecule has 0 aliphatic heterocycles. The highest BCUT2D eigenvalue weighted by atomic mass is 32.2. The van der Waals surface area contributed by atoms with Gasteiger partial charge in [0.25, 0.3) is 5.91 Å². The van der Waals surface area contributed by atoms with Gasteiger partial charge < -0.3 is 9.73 Å². The molecule has 0 saturated heterocycles. The number of furan rings is 1. The second-order valence-corrected chi connectivity index (χ2v) is 11.0. The molecule has 2 N–H and O–H groups in total. The normalized spacial score (nSPS) is 11.4. The molecular weight excluding hydrogens is 478 g/mol. The molecule has 0 aliphatic carbocycles. The van der Waals surface area contributed by atoms with E-state index in [0.29, 0.717) is 17.0 Å². The fourth-order valence-corrected chi connectivity index (χ4v) is 5.75. The Labute approximate surface area is 200 Å². The van der Waals surface area contributed by atoms with E-state index in [4.69, 9.17) is 4.42 Å². The molecule has 33 heavy (non-hydrogen) atoms. The van der Waals surface area contributed by atoms with E-state index >= 15 is 0 Å². The molecule has 0 fully saturated rings. The number of hydrogen-bond donors (Lipinski definition) is 2. The Kier molecular flexibility index (Phi) is 7.29. The number of rotatable bonds is 9. The Balaban J connectivity index is 1.37. The molecule has 0 radical (unpaired) electrons. The summed E-state index contributed by atoms with van der Waals surface area (Å²) in [4.78, 5) is 17.1. The van der Waals surface area contributed by atoms with Crippen LogP contribution in [0.3, 0.4) is 0 Å². The lowest BCUT2D eigenvalue weighted by Crippen LogP contribution is -2.23. The summed E-state index contributed by atoms with van der Waals surface area (Å²) < 4.78 is 33.8. The SMILES string of the molecule is Cc1csc(SCc2ccc(C(=O)Nc3cccc(S(=O)(=O)NCc4ccco4)c3)cc2)n1. The highest BCUT2D eigenvalue weighted by Gasteiger charge is 2.16. The second kappa shape index (κ2) is 10.3. The highest BCUT2D eigenvalue weighted by Crippen LogP contribution is 2.26. The van der Waals surface area contributed by atoms with Crippen LogP contribution in [0.15, 0.2) is 86.0 Å². The lowest BCUT2D eigenvalue weighted by atomic mass is 10.1. The number of aromatic nitrogens is 1. The number of thiazole rings is 1. The number of amides is 1. The Hall–Kier alpha value is -2.92. The smallest absolute Gasteiger partial charge is 0.255 e. The van der Waals surface area contributed by atoms with E-state index in [1.54, 1.807) is 59.5 Å². The number of carbonyl (C=O) groups is 1. The van der Waals surface area contributed by atoms with Crippen LogP contribution in [0.25, 0.3) is 0 Å². The summed E-state index contributed by atoms with van der Waals surface area (Å²) in [6, 6.07) is 16.8. The minimum absolute atomic E-state index is 0.0404. The number of thioether (sulfide) groups is 1. The van der Waals surface area contributed by atoms with Gasteiger partial charge in [-0.25, -0.2) is 18.1 Å². The standard InChI is InChI=1S/C23H21N3O4S3/c1-16-14-31-23(25-16)32-15-17-7-9-18(10-8-17)22(27)26-19-4-2-6-21(12-19)33(28,29)24-13-20-5-3-11-30-20/h2-12,14,24H,13,15H2,1H3,(H,26,27). The zero-order chi connectivity index (χ0) is 23.3. The van der Waals surface area contributed by atoms with Gasteiger partial charge in [0.1, 0.15) is 10.1 Å². The average Bonchev–Trinajstić information content (AvgIpc) is 3.48. The number of aryl methyl sites for hydroxylation is 1. The molecule has 0 spiro atoms. The number of carbonyl (C=O) groups excluding carboxylic acids is 1. The van der Waals surface area contributed by atoms with Crippen LogP contribution in [0, 0.1) is 6.92 Å². The third-order valence-corrected chi connectivity index (χ3v) is 8.20. The molecule has 7 nitrogen and oxygen atoms in total. The number of anilines is 1. The van der Waals surface area contributed by atoms with Crippen LogP contribution in [-0.2, 0) is 22.3 Å². The van der Waals surface area contributed by atoms with Gasteiger partial charge in [-0.05, 0) is 55.0 Å². The largest absolute Gasteiger partial charge is 0.468 e. The predicted octanol–water partition coefficient (Wildman–Crippen LogP) is 5.07. The summed E-state index contributed by atoms with van der Waals surface area (Å²) >= 11 is 3.28. The van der Waals surface area contributed by atoms with Gasteiger partial charge in [-0.15, -0.1) is 11.3 Å². The van der Waals surface area contributed by atoms with E-state index in [-0.39, 0.29) is 17.3 Å². The molecule has 0 aliphatic rings. The molecule has 170 valence electrons. The minimum atomic E-state index is -3.76. The van der Waals surface area contributed by atoms with Gasteiger partial charge in [0.05, 0.1) is 17.7 Å². The van der Waals surface area contributed by atoms with Crippen molar-refractivity contribution in [3.63, 3.8) is 0 Å². The van der Waals surface area contributed by atoms with Crippen molar-refractivity contribution in [1.82, 2.24) is 9.71 Å². The molecule has 0 bridgehead atoms. The lowest BCUT2D eigenvalue weighted by molar-refractivity contribution is 0.102. The fraction of sp³-hybridized carbons (Fsp3) is 0.130. The van der Waals surface area contributed by atoms with E-state index in [2.05, 4.69) is 15.0 Å². The zero-order valence-electron chi connectivity index (χ0n) is 17.6. The molecule has 0 atom stereocenters. The number of sulfonamides is 1. The summed E-state index contributed by atoms with van der Waals surface area (Å²) in [7, 11) is -3.76. The van der Waals surface area contributed by atoms with Gasteiger partial charge in [-0.2, -0.15) is 0 Å². The molecule has 2 aromatic carbocycles. The van der Waals surface area contributed by atoms with Crippen LogP contribution in [-0.4, -0.2) is 19.3 Å². The maximum absolute atomic E-state index is 12.6. The van der Waals surface area contributed by atoms with Crippen molar-refractivity contribution >= 4 is 44.7 Å². The molecule has 1 amide bonds. The van der Waals surface area contributed by atoms with Crippen molar-refractivity contribution in [2.24, 2.45) is 0 Å². The molecular formula is C23H21N3O4S3. The zero-order valence-corrected chi connectivity index (χ0v) is 20.1. The summed E-state index contributed by atoms with van der Waals surface area (Å²) in [5.74, 6) is 0.953. The Morgan fingerprint density at radius 1 is 1.12 bits per heavy atom. The van der Waals surface area contributed by atoms with Crippen LogP contribution in [0.1, 0.15) is 27.4 Å². The van der Waals surface area contributed by atoms with Gasteiger partial charge in [0.15, 0.2) is 0 Å². The molecule has 0 unspecified atom stereocenters. The van der Waals surface area contributed by atoms with E-state index in [1.807, 2.05) is 24.4 Å². The van der Waals surface area contributed by atoms with E-state index < -0.39 is 10.0 Å². The van der Waals surface area contributed by atoms with Crippen molar-refractivity contribution in [2.45, 2.75) is 28.5 Å². The maximum atomic E-state index is 12.6. The third-order valence-electron chi connectivity index (χ3n) is 4.60. The maximum Gasteiger partial charge on any atom is 0.255 e. The number of nitrogens with one attached hydrogen (secondary N) is 2. The van der Waals surface area contributed by atoms with Crippen LogP contribution in [0.2, 0.25) is 0 Å². The van der Waals surface area contributed by atoms with Gasteiger partial charge in [0.2, 0.25) is 10.0 Å². The first-order chi connectivity index (χ1) is 15.9. The Morgan fingerprint density at radius 2 is 1.94 bits per heavy atom. The molecule has 10 heteroatoms. The summed E-state index contributed by atoms with van der Waals surface area (Å²) in [6.07, 6.45) is 1.48. The number of benzene rings is 2. The quantitative estimate of drug-likeness (QED) is 0.312. The number of hydrogen-bond acceptors (Lipinski definition) is 7. The van der Waals surface area contributed by atoms with Crippen molar-refractivity contribution in [1.29, 1.82) is 0 Å². The van der Waals surface area contributed by atoms with E-state index in [9.17, 15) is 13.2 Å². The molecule has 0 saturated carbocycles. The summed E-state index contributed by atoms with van der Waals surface area (Å²) in [5.41, 5.74) is 2.97. The number of nitrogens with zero attached hydrogens (tertiary/aromatic N) is 1. The first-order valence-electron chi connectivity index (χ1n) is 9.96. The van der Waals surface area contributed by atoms with Crippen molar-refractivity contribution in [3.8, 4) is 0 Å². The summed E-state index contributed by atoms with van der Waals surface area (Å²) in [6.45, 7) is 2.01. The van der Waals surface area contributed by atoms with Crippen molar-refractivity contribution in [3.05, 3.63) is 94.9 Å². The van der Waals surface area contributed by atoms with Crippen molar-refractivity contribution < 1.29 is 17.6 Å². The van der Waals surface area contributed by atoms with Crippen LogP contribution in [0.4, 0.5) is 5.69 Å². The first-order valence-corrected chi connectivity index (χ1v) is 13.3. The summed E-state index contributed by atoms with van der Waals surface area (Å²) in [5, 5.41) is 4.78. The first kappa shape index (κ1) is 23.2. The van der Waals surface area contributed by atoms with Crippen LogP contribution in [0.5, 0.6) is 0 Å². The third kappa shape index (κ3) is 6.32.